The zero-order chi connectivity index (χ0) is 34.9. The summed E-state index contributed by atoms with van der Waals surface area (Å²) >= 11 is 0. The van der Waals surface area contributed by atoms with Crippen molar-refractivity contribution >= 4 is 46.4 Å². The number of nitrogens with one attached hydrogen (secondary N) is 7. The van der Waals surface area contributed by atoms with E-state index >= 15 is 0 Å². The number of nitrogens with two attached hydrogens (primary N) is 3. The second-order valence-electron chi connectivity index (χ2n) is 11.2. The maximum atomic E-state index is 13.6. The minimum Gasteiger partial charge on any atom is -0.394 e. The molecule has 0 spiro atoms. The summed E-state index contributed by atoms with van der Waals surface area (Å²) in [6, 6.07) is 1.92. The fourth-order valence-electron chi connectivity index (χ4n) is 4.79. The Bertz CT molecular complexity index is 1370. The monoisotopic (exact) mass is 660 g/mol. The zero-order valence-electron chi connectivity index (χ0n) is 26.5. The van der Waals surface area contributed by atoms with Crippen LogP contribution in [-0.2, 0) is 30.4 Å². The minimum absolute atomic E-state index is 0.0595. The molecule has 0 fully saturated rings. The summed E-state index contributed by atoms with van der Waals surface area (Å²) in [5.41, 5.74) is 17.6. The number of aromatic nitrogens is 1. The van der Waals surface area contributed by atoms with E-state index in [1.165, 1.54) is 0 Å². The lowest BCUT2D eigenvalue weighted by atomic mass is 10.0. The van der Waals surface area contributed by atoms with E-state index in [4.69, 9.17) is 22.6 Å². The largest absolute Gasteiger partial charge is 0.394 e. The van der Waals surface area contributed by atoms with Gasteiger partial charge in [0.2, 0.25) is 29.5 Å². The number of H-pyrrole nitrogens is 1. The fourth-order valence-corrected chi connectivity index (χ4v) is 4.79. The van der Waals surface area contributed by atoms with Gasteiger partial charge in [0.1, 0.15) is 24.2 Å². The molecule has 0 aliphatic rings. The van der Waals surface area contributed by atoms with Crippen LogP contribution in [0, 0.1) is 11.3 Å². The number of guanidine groups is 1. The normalized spacial score (nSPS) is 14.2. The van der Waals surface area contributed by atoms with Crippen LogP contribution in [0.2, 0.25) is 0 Å². The van der Waals surface area contributed by atoms with E-state index in [-0.39, 0.29) is 25.3 Å². The van der Waals surface area contributed by atoms with E-state index in [0.717, 1.165) is 17.3 Å². The number of rotatable bonds is 21. The van der Waals surface area contributed by atoms with Gasteiger partial charge in [-0.15, -0.1) is 0 Å². The van der Waals surface area contributed by atoms with Crippen LogP contribution < -0.4 is 43.8 Å². The number of benzene rings is 1. The SMILES string of the molecule is C[C@@H](CCCCN)C(=O)N[C@@H](CO)C(=O)N[C@H](Cc1c[nH]c2ccccc12)C(=O)N[C@@H](CO)C(=O)N[C@H](CCCNC(=N)N)C(N)=O. The van der Waals surface area contributed by atoms with Gasteiger partial charge in [-0.05, 0) is 43.9 Å². The second kappa shape index (κ2) is 19.7. The molecule has 0 saturated carbocycles. The lowest BCUT2D eigenvalue weighted by molar-refractivity contribution is -0.135. The molecule has 2 aromatic rings. The number of aromatic amines is 1. The van der Waals surface area contributed by atoms with E-state index in [1.807, 2.05) is 18.2 Å². The van der Waals surface area contributed by atoms with Crippen LogP contribution in [0.5, 0.6) is 0 Å². The number of aliphatic hydroxyl groups is 2. The van der Waals surface area contributed by atoms with E-state index < -0.39 is 72.8 Å². The molecule has 17 heteroatoms. The standard InChI is InChI=1S/C30H48N10O7/c1-17(7-4-5-11-31)26(44)39-23(15-41)29(47)38-22(13-18-14-36-20-9-3-2-8-19(18)20)27(45)40-24(16-42)28(46)37-21(25(32)43)10-6-12-35-30(33)34/h2-3,8-9,14,17,21-24,36,41-42H,4-7,10-13,15-16,31H2,1H3,(H2,32,43)(H,37,46)(H,38,47)(H,39,44)(H,40,45)(H4,33,34,35)/t17-,21+,22+,23-,24-/m0/s1. The van der Waals surface area contributed by atoms with Crippen molar-refractivity contribution in [2.45, 2.75) is 69.6 Å². The molecule has 15 N–H and O–H groups in total. The van der Waals surface area contributed by atoms with E-state index in [2.05, 4.69) is 31.6 Å². The molecule has 0 saturated heterocycles. The van der Waals surface area contributed by atoms with Crippen LogP contribution in [0.3, 0.4) is 0 Å². The van der Waals surface area contributed by atoms with Crippen molar-refractivity contribution in [2.75, 3.05) is 26.3 Å². The lowest BCUT2D eigenvalue weighted by Crippen LogP contribution is -2.60. The molecule has 0 aliphatic heterocycles. The van der Waals surface area contributed by atoms with Gasteiger partial charge in [0.25, 0.3) is 0 Å². The first kappa shape index (κ1) is 38.4. The van der Waals surface area contributed by atoms with Crippen LogP contribution in [0.25, 0.3) is 10.9 Å². The molecule has 2 rings (SSSR count). The van der Waals surface area contributed by atoms with Crippen LogP contribution in [0.15, 0.2) is 30.5 Å². The molecular weight excluding hydrogens is 612 g/mol. The number of carbonyl (C=O) groups is 5. The lowest BCUT2D eigenvalue weighted by Gasteiger charge is -2.25. The number of para-hydroxylation sites is 1. The van der Waals surface area contributed by atoms with Crippen molar-refractivity contribution in [3.05, 3.63) is 36.0 Å². The highest BCUT2D eigenvalue weighted by Gasteiger charge is 2.31. The molecule has 1 aromatic carbocycles. The molecule has 5 amide bonds. The highest BCUT2D eigenvalue weighted by molar-refractivity contribution is 5.96. The number of hydrogen-bond donors (Lipinski definition) is 12. The van der Waals surface area contributed by atoms with Gasteiger partial charge in [0, 0.05) is 36.0 Å². The Kier molecular flexibility index (Phi) is 16.1. The summed E-state index contributed by atoms with van der Waals surface area (Å²) in [6.07, 6.45) is 4.00. The Morgan fingerprint density at radius 1 is 0.809 bits per heavy atom. The van der Waals surface area contributed by atoms with Crippen molar-refractivity contribution in [2.24, 2.45) is 23.1 Å². The summed E-state index contributed by atoms with van der Waals surface area (Å²) in [5.74, 6) is -4.60. The smallest absolute Gasteiger partial charge is 0.245 e. The molecule has 0 radical (unpaired) electrons. The fraction of sp³-hybridized carbons (Fsp3) is 0.533. The minimum atomic E-state index is -1.52. The second-order valence-corrected chi connectivity index (χ2v) is 11.2. The highest BCUT2D eigenvalue weighted by Crippen LogP contribution is 2.19. The maximum absolute atomic E-state index is 13.6. The molecule has 1 heterocycles. The van der Waals surface area contributed by atoms with E-state index in [9.17, 15) is 34.2 Å². The van der Waals surface area contributed by atoms with Crippen molar-refractivity contribution in [3.63, 3.8) is 0 Å². The van der Waals surface area contributed by atoms with Gasteiger partial charge in [0.15, 0.2) is 5.96 Å². The Balaban J connectivity index is 2.21. The van der Waals surface area contributed by atoms with Gasteiger partial charge in [0.05, 0.1) is 13.2 Å². The summed E-state index contributed by atoms with van der Waals surface area (Å²) in [7, 11) is 0. The van der Waals surface area contributed by atoms with Crippen molar-refractivity contribution in [1.29, 1.82) is 5.41 Å². The Morgan fingerprint density at radius 2 is 1.38 bits per heavy atom. The molecule has 47 heavy (non-hydrogen) atoms. The van der Waals surface area contributed by atoms with E-state index in [0.29, 0.717) is 31.4 Å². The van der Waals surface area contributed by atoms with Gasteiger partial charge in [-0.3, -0.25) is 29.4 Å². The first-order valence-electron chi connectivity index (χ1n) is 15.5. The van der Waals surface area contributed by atoms with Gasteiger partial charge < -0.3 is 59.0 Å². The predicted octanol–water partition coefficient (Wildman–Crippen LogP) is -2.85. The zero-order valence-corrected chi connectivity index (χ0v) is 26.5. The average molecular weight is 661 g/mol. The third kappa shape index (κ3) is 12.5. The number of primary amides is 1. The molecular formula is C30H48N10O7. The molecule has 0 aliphatic carbocycles. The molecule has 0 bridgehead atoms. The van der Waals surface area contributed by atoms with Crippen molar-refractivity contribution in [3.8, 4) is 0 Å². The highest BCUT2D eigenvalue weighted by atomic mass is 16.3. The molecule has 0 unspecified atom stereocenters. The van der Waals surface area contributed by atoms with Crippen LogP contribution in [-0.4, -0.2) is 101 Å². The number of amides is 5. The maximum Gasteiger partial charge on any atom is 0.245 e. The van der Waals surface area contributed by atoms with Crippen molar-refractivity contribution < 1.29 is 34.2 Å². The van der Waals surface area contributed by atoms with Gasteiger partial charge in [-0.2, -0.15) is 0 Å². The van der Waals surface area contributed by atoms with Gasteiger partial charge >= 0.3 is 0 Å². The molecule has 1 aromatic heterocycles. The number of hydrogen-bond acceptors (Lipinski definition) is 9. The topological polar surface area (TPSA) is 304 Å². The summed E-state index contributed by atoms with van der Waals surface area (Å²) in [4.78, 5) is 67.6. The van der Waals surface area contributed by atoms with E-state index in [1.54, 1.807) is 19.2 Å². The Morgan fingerprint density at radius 3 is 1.98 bits per heavy atom. The number of fused-ring (bicyclic) bond motifs is 1. The molecule has 17 nitrogen and oxygen atoms in total. The number of unbranched alkanes of at least 4 members (excludes halogenated alkanes) is 1. The third-order valence-electron chi connectivity index (χ3n) is 7.55. The first-order valence-corrected chi connectivity index (χ1v) is 15.5. The number of aliphatic hydroxyl groups excluding tert-OH is 2. The van der Waals surface area contributed by atoms with Crippen LogP contribution in [0.4, 0.5) is 0 Å². The van der Waals surface area contributed by atoms with Crippen LogP contribution >= 0.6 is 0 Å². The Labute approximate surface area is 272 Å². The van der Waals surface area contributed by atoms with Crippen LogP contribution in [0.1, 0.15) is 44.6 Å². The number of carbonyl (C=O) groups excluding carboxylic acids is 5. The molecule has 5 atom stereocenters. The summed E-state index contributed by atoms with van der Waals surface area (Å²) in [6.45, 7) is 0.831. The van der Waals surface area contributed by atoms with Gasteiger partial charge in [-0.1, -0.05) is 31.5 Å². The third-order valence-corrected chi connectivity index (χ3v) is 7.55. The Hall–Kier alpha value is -4.74. The summed E-state index contributed by atoms with van der Waals surface area (Å²) < 4.78 is 0. The molecule has 260 valence electrons. The first-order chi connectivity index (χ1) is 22.4. The van der Waals surface area contributed by atoms with Gasteiger partial charge in [-0.25, -0.2) is 0 Å². The average Bonchev–Trinajstić information content (AvgIpc) is 3.45. The van der Waals surface area contributed by atoms with Crippen molar-refractivity contribution in [1.82, 2.24) is 31.6 Å². The summed E-state index contributed by atoms with van der Waals surface area (Å²) in [5, 5.41) is 40.3. The quantitative estimate of drug-likeness (QED) is 0.0369. The predicted molar refractivity (Wildman–Crippen MR) is 174 cm³/mol.